The summed E-state index contributed by atoms with van der Waals surface area (Å²) in [6.45, 7) is 6.55. The highest BCUT2D eigenvalue weighted by Crippen LogP contribution is 2.18. The van der Waals surface area contributed by atoms with E-state index in [1.54, 1.807) is 0 Å². The van der Waals surface area contributed by atoms with Gasteiger partial charge in [0, 0.05) is 19.3 Å². The summed E-state index contributed by atoms with van der Waals surface area (Å²) in [6.07, 6.45) is 89.3. The second kappa shape index (κ2) is 68.3. The van der Waals surface area contributed by atoms with E-state index in [0.29, 0.717) is 19.3 Å². The van der Waals surface area contributed by atoms with Crippen molar-refractivity contribution >= 4 is 17.9 Å². The lowest BCUT2D eigenvalue weighted by atomic mass is 10.0. The van der Waals surface area contributed by atoms with Gasteiger partial charge in [0.2, 0.25) is 0 Å². The molecule has 0 N–H and O–H groups in total. The molecule has 0 saturated carbocycles. The SMILES string of the molecule is CC/C=C\C/C=C\C/C=C\C/C=C\C/C=C\CCCCCC(=O)OC(COC(=O)CCCCCCC/C=C\CCCCCCCCC)COC(=O)CCCCCCCCCCCCCCCCCCCCCCCCCCCCC. The van der Waals surface area contributed by atoms with E-state index in [-0.39, 0.29) is 31.1 Å². The third-order valence-electron chi connectivity index (χ3n) is 15.4. The Labute approximate surface area is 497 Å². The average Bonchev–Trinajstić information content (AvgIpc) is 3.46. The van der Waals surface area contributed by atoms with Gasteiger partial charge in [-0.3, -0.25) is 14.4 Å². The maximum Gasteiger partial charge on any atom is 0.306 e. The zero-order chi connectivity index (χ0) is 57.8. The van der Waals surface area contributed by atoms with Gasteiger partial charge in [0.1, 0.15) is 13.2 Å². The van der Waals surface area contributed by atoms with E-state index in [2.05, 4.69) is 93.7 Å². The van der Waals surface area contributed by atoms with Crippen LogP contribution in [0.15, 0.2) is 72.9 Å². The minimum atomic E-state index is -0.797. The highest BCUT2D eigenvalue weighted by Gasteiger charge is 2.19. The van der Waals surface area contributed by atoms with Crippen molar-refractivity contribution in [2.24, 2.45) is 0 Å². The molecule has 0 aliphatic rings. The Balaban J connectivity index is 4.31. The zero-order valence-electron chi connectivity index (χ0n) is 53.3. The summed E-state index contributed by atoms with van der Waals surface area (Å²) in [5.74, 6) is -0.910. The molecule has 80 heavy (non-hydrogen) atoms. The molecule has 1 unspecified atom stereocenters. The number of carbonyl (C=O) groups is 3. The number of rotatable bonds is 64. The Morgan fingerprint density at radius 3 is 0.787 bits per heavy atom. The molecule has 0 heterocycles. The van der Waals surface area contributed by atoms with Crippen molar-refractivity contribution in [1.29, 1.82) is 0 Å². The van der Waals surface area contributed by atoms with Gasteiger partial charge in [-0.25, -0.2) is 0 Å². The molecule has 6 nitrogen and oxygen atoms in total. The summed E-state index contributed by atoms with van der Waals surface area (Å²) in [6, 6.07) is 0. The smallest absolute Gasteiger partial charge is 0.306 e. The fraction of sp³-hybridized carbons (Fsp3) is 0.797. The molecule has 0 fully saturated rings. The number of unbranched alkanes of at least 4 members (excludes halogenated alkanes) is 41. The van der Waals surface area contributed by atoms with Crippen LogP contribution in [0.2, 0.25) is 0 Å². The van der Waals surface area contributed by atoms with Crippen LogP contribution in [0.5, 0.6) is 0 Å². The van der Waals surface area contributed by atoms with Crippen molar-refractivity contribution in [3.8, 4) is 0 Å². The topological polar surface area (TPSA) is 78.9 Å². The van der Waals surface area contributed by atoms with Gasteiger partial charge in [-0.1, -0.05) is 325 Å². The first-order valence-electron chi connectivity index (χ1n) is 34.9. The van der Waals surface area contributed by atoms with E-state index in [4.69, 9.17) is 14.2 Å². The van der Waals surface area contributed by atoms with Crippen LogP contribution in [0.1, 0.15) is 361 Å². The largest absolute Gasteiger partial charge is 0.462 e. The van der Waals surface area contributed by atoms with Gasteiger partial charge < -0.3 is 14.2 Å². The van der Waals surface area contributed by atoms with Crippen LogP contribution in [0.3, 0.4) is 0 Å². The van der Waals surface area contributed by atoms with Crippen LogP contribution in [0, 0.1) is 0 Å². The fourth-order valence-corrected chi connectivity index (χ4v) is 10.2. The molecule has 0 aliphatic heterocycles. The number of hydrogen-bond acceptors (Lipinski definition) is 6. The van der Waals surface area contributed by atoms with Gasteiger partial charge >= 0.3 is 17.9 Å². The number of allylic oxidation sites excluding steroid dienone is 12. The van der Waals surface area contributed by atoms with E-state index >= 15 is 0 Å². The summed E-state index contributed by atoms with van der Waals surface area (Å²) in [7, 11) is 0. The van der Waals surface area contributed by atoms with Crippen LogP contribution >= 0.6 is 0 Å². The van der Waals surface area contributed by atoms with Crippen LogP contribution in [0.4, 0.5) is 0 Å². The quantitative estimate of drug-likeness (QED) is 0.0261. The number of carbonyl (C=O) groups excluding carboxylic acids is 3. The van der Waals surface area contributed by atoms with Crippen LogP contribution < -0.4 is 0 Å². The Morgan fingerprint density at radius 2 is 0.487 bits per heavy atom. The van der Waals surface area contributed by atoms with Crippen molar-refractivity contribution in [2.45, 2.75) is 367 Å². The second-order valence-electron chi connectivity index (χ2n) is 23.4. The van der Waals surface area contributed by atoms with Gasteiger partial charge in [-0.15, -0.1) is 0 Å². The lowest BCUT2D eigenvalue weighted by molar-refractivity contribution is -0.167. The molecule has 0 spiro atoms. The van der Waals surface area contributed by atoms with Crippen molar-refractivity contribution in [3.05, 3.63) is 72.9 Å². The maximum atomic E-state index is 12.9. The summed E-state index contributed by atoms with van der Waals surface area (Å²) >= 11 is 0. The summed E-state index contributed by atoms with van der Waals surface area (Å²) in [5, 5.41) is 0. The highest BCUT2D eigenvalue weighted by molar-refractivity contribution is 5.71. The zero-order valence-corrected chi connectivity index (χ0v) is 53.3. The number of hydrogen-bond donors (Lipinski definition) is 0. The number of esters is 3. The Hall–Kier alpha value is -3.15. The molecule has 0 saturated heterocycles. The lowest BCUT2D eigenvalue weighted by Crippen LogP contribution is -2.30. The number of ether oxygens (including phenoxy) is 3. The van der Waals surface area contributed by atoms with Crippen molar-refractivity contribution in [2.75, 3.05) is 13.2 Å². The van der Waals surface area contributed by atoms with Crippen molar-refractivity contribution in [3.63, 3.8) is 0 Å². The molecule has 464 valence electrons. The molecule has 0 amide bonds. The maximum absolute atomic E-state index is 12.9. The molecule has 0 aromatic heterocycles. The summed E-state index contributed by atoms with van der Waals surface area (Å²) in [5.41, 5.74) is 0. The molecule has 1 atom stereocenters. The van der Waals surface area contributed by atoms with Crippen LogP contribution in [0.25, 0.3) is 0 Å². The first kappa shape index (κ1) is 76.9. The van der Waals surface area contributed by atoms with E-state index < -0.39 is 6.10 Å². The van der Waals surface area contributed by atoms with Crippen molar-refractivity contribution in [1.82, 2.24) is 0 Å². The van der Waals surface area contributed by atoms with Crippen LogP contribution in [-0.2, 0) is 28.6 Å². The first-order valence-corrected chi connectivity index (χ1v) is 34.9. The minimum absolute atomic E-state index is 0.0884. The lowest BCUT2D eigenvalue weighted by Gasteiger charge is -2.18. The third kappa shape index (κ3) is 65.7. The first-order chi connectivity index (χ1) is 39.5. The Kier molecular flexibility index (Phi) is 65.7. The standard InChI is InChI=1S/C74H132O6/c1-4-7-10-13-16-19-22-25-28-31-33-34-35-36-37-38-39-40-42-43-46-49-52-55-58-61-64-67-73(76)79-70-71(69-78-72(75)66-63-60-57-54-51-48-45-30-27-24-21-18-15-12-9-6-3)80-74(77)68-65-62-59-56-53-50-47-44-41-32-29-26-23-20-17-14-11-8-5-2/h8,11,17,20,26,29-30,41,44-45,50,53,71H,4-7,9-10,12-16,18-19,21-25,27-28,31-40,42-43,46-49,51-52,54-70H2,1-3H3/b11-8-,20-17-,29-26-,44-41-,45-30-,53-50-. The Bertz CT molecular complexity index is 1470. The molecular weight excluding hydrogens is 985 g/mol. The second-order valence-corrected chi connectivity index (χ2v) is 23.4. The van der Waals surface area contributed by atoms with Crippen molar-refractivity contribution < 1.29 is 28.6 Å². The molecular formula is C74H132O6. The molecule has 0 rings (SSSR count). The molecule has 0 bridgehead atoms. The third-order valence-corrected chi connectivity index (χ3v) is 15.4. The van der Waals surface area contributed by atoms with Gasteiger partial charge in [0.15, 0.2) is 6.10 Å². The minimum Gasteiger partial charge on any atom is -0.462 e. The molecule has 0 aliphatic carbocycles. The predicted molar refractivity (Wildman–Crippen MR) is 348 cm³/mol. The van der Waals surface area contributed by atoms with Gasteiger partial charge in [0.05, 0.1) is 0 Å². The van der Waals surface area contributed by atoms with Gasteiger partial charge in [-0.2, -0.15) is 0 Å². The van der Waals surface area contributed by atoms with E-state index in [1.165, 1.54) is 218 Å². The van der Waals surface area contributed by atoms with E-state index in [9.17, 15) is 14.4 Å². The molecule has 0 radical (unpaired) electrons. The summed E-state index contributed by atoms with van der Waals surface area (Å²) < 4.78 is 16.9. The monoisotopic (exact) mass is 1120 g/mol. The normalized spacial score (nSPS) is 12.5. The fourth-order valence-electron chi connectivity index (χ4n) is 10.2. The molecule has 6 heteroatoms. The average molecular weight is 1120 g/mol. The molecule has 0 aromatic carbocycles. The molecule has 0 aromatic rings. The Morgan fingerprint density at radius 1 is 0.263 bits per heavy atom. The summed E-state index contributed by atoms with van der Waals surface area (Å²) in [4.78, 5) is 38.4. The van der Waals surface area contributed by atoms with E-state index in [1.807, 2.05) is 0 Å². The van der Waals surface area contributed by atoms with Gasteiger partial charge in [-0.05, 0) is 89.9 Å². The van der Waals surface area contributed by atoms with E-state index in [0.717, 1.165) is 103 Å². The van der Waals surface area contributed by atoms with Gasteiger partial charge in [0.25, 0.3) is 0 Å². The highest BCUT2D eigenvalue weighted by atomic mass is 16.6. The predicted octanol–water partition coefficient (Wildman–Crippen LogP) is 24.1. The van der Waals surface area contributed by atoms with Crippen LogP contribution in [-0.4, -0.2) is 37.2 Å².